The quantitative estimate of drug-likeness (QED) is 0.681. The van der Waals surface area contributed by atoms with Crippen LogP contribution in [-0.4, -0.2) is 54.0 Å². The van der Waals surface area contributed by atoms with Crippen LogP contribution in [0, 0.1) is 5.92 Å². The third kappa shape index (κ3) is 4.60. The minimum atomic E-state index is -0.299. The predicted molar refractivity (Wildman–Crippen MR) is 96.2 cm³/mol. The maximum atomic E-state index is 12.2. The molecule has 0 spiro atoms. The Morgan fingerprint density at radius 3 is 2.48 bits per heavy atom. The van der Waals surface area contributed by atoms with Crippen LogP contribution < -0.4 is 0 Å². The number of likely N-dealkylation sites (tertiary alicyclic amines) is 1. The summed E-state index contributed by atoms with van der Waals surface area (Å²) >= 11 is 0. The molecule has 1 saturated carbocycles. The van der Waals surface area contributed by atoms with Gasteiger partial charge in [0.2, 0.25) is 5.91 Å². The summed E-state index contributed by atoms with van der Waals surface area (Å²) in [5.74, 6) is 0.0509. The van der Waals surface area contributed by atoms with Gasteiger partial charge >= 0.3 is 5.97 Å². The first-order valence-electron chi connectivity index (χ1n) is 9.38. The summed E-state index contributed by atoms with van der Waals surface area (Å²) in [6.07, 6.45) is 2.75. The minimum absolute atomic E-state index is 0.138. The number of carbonyl (C=O) groups excluding carboxylic acids is 2. The monoisotopic (exact) mass is 344 g/mol. The SMILES string of the molecule is CCN(CC)Cc1ccc(C(=O)OCC2CC(=O)N(C3CC3)C2)cc1. The summed E-state index contributed by atoms with van der Waals surface area (Å²) in [5, 5.41) is 0. The Kier molecular flexibility index (Phi) is 5.74. The molecule has 0 N–H and O–H groups in total. The molecule has 2 fully saturated rings. The highest BCUT2D eigenvalue weighted by atomic mass is 16.5. The number of hydrogen-bond acceptors (Lipinski definition) is 4. The zero-order valence-corrected chi connectivity index (χ0v) is 15.2. The van der Waals surface area contributed by atoms with Gasteiger partial charge < -0.3 is 9.64 Å². The molecule has 0 bridgehead atoms. The second kappa shape index (κ2) is 8.00. The van der Waals surface area contributed by atoms with Gasteiger partial charge in [0.05, 0.1) is 12.2 Å². The third-order valence-corrected chi connectivity index (χ3v) is 5.17. The number of carbonyl (C=O) groups is 2. The first kappa shape index (κ1) is 17.9. The van der Waals surface area contributed by atoms with Crippen LogP contribution in [0.15, 0.2) is 24.3 Å². The van der Waals surface area contributed by atoms with E-state index in [1.165, 1.54) is 5.56 Å². The van der Waals surface area contributed by atoms with E-state index in [0.29, 0.717) is 24.6 Å². The van der Waals surface area contributed by atoms with Crippen LogP contribution in [0.25, 0.3) is 0 Å². The average molecular weight is 344 g/mol. The molecule has 1 aliphatic heterocycles. The lowest BCUT2D eigenvalue weighted by molar-refractivity contribution is -0.128. The molecular weight excluding hydrogens is 316 g/mol. The summed E-state index contributed by atoms with van der Waals surface area (Å²) in [4.78, 5) is 28.5. The van der Waals surface area contributed by atoms with Crippen LogP contribution >= 0.6 is 0 Å². The molecule has 0 radical (unpaired) electrons. The third-order valence-electron chi connectivity index (χ3n) is 5.17. The molecule has 1 unspecified atom stereocenters. The van der Waals surface area contributed by atoms with Crippen molar-refractivity contribution in [2.75, 3.05) is 26.2 Å². The summed E-state index contributed by atoms with van der Waals surface area (Å²) in [5.41, 5.74) is 1.77. The summed E-state index contributed by atoms with van der Waals surface area (Å²) in [6.45, 7) is 8.27. The number of nitrogens with zero attached hydrogens (tertiary/aromatic N) is 2. The van der Waals surface area contributed by atoms with Gasteiger partial charge in [-0.1, -0.05) is 26.0 Å². The van der Waals surface area contributed by atoms with E-state index in [4.69, 9.17) is 4.74 Å². The summed E-state index contributed by atoms with van der Waals surface area (Å²) in [7, 11) is 0. The van der Waals surface area contributed by atoms with Gasteiger partial charge in [0, 0.05) is 31.5 Å². The summed E-state index contributed by atoms with van der Waals surface area (Å²) < 4.78 is 5.44. The van der Waals surface area contributed by atoms with Crippen LogP contribution in [0.2, 0.25) is 0 Å². The second-order valence-corrected chi connectivity index (χ2v) is 7.10. The maximum absolute atomic E-state index is 12.2. The smallest absolute Gasteiger partial charge is 0.338 e. The normalized spacial score (nSPS) is 20.4. The van der Waals surface area contributed by atoms with E-state index in [2.05, 4.69) is 18.7 Å². The van der Waals surface area contributed by atoms with Crippen molar-refractivity contribution in [3.05, 3.63) is 35.4 Å². The zero-order valence-electron chi connectivity index (χ0n) is 15.2. The maximum Gasteiger partial charge on any atom is 0.338 e. The van der Waals surface area contributed by atoms with Crippen LogP contribution in [0.3, 0.4) is 0 Å². The molecule has 5 nitrogen and oxygen atoms in total. The Balaban J connectivity index is 1.47. The lowest BCUT2D eigenvalue weighted by Crippen LogP contribution is -2.27. The molecule has 1 aromatic carbocycles. The van der Waals surface area contributed by atoms with Gasteiger partial charge in [-0.15, -0.1) is 0 Å². The molecule has 0 aromatic heterocycles. The molecule has 1 saturated heterocycles. The molecule has 1 heterocycles. The molecule has 1 amide bonds. The van der Waals surface area contributed by atoms with Crippen LogP contribution in [0.4, 0.5) is 0 Å². The van der Waals surface area contributed by atoms with Crippen molar-refractivity contribution in [1.82, 2.24) is 9.80 Å². The Labute approximate surface area is 149 Å². The molecule has 1 atom stereocenters. The van der Waals surface area contributed by atoms with E-state index in [1.54, 1.807) is 0 Å². The number of amides is 1. The predicted octanol–water partition coefficient (Wildman–Crippen LogP) is 2.70. The van der Waals surface area contributed by atoms with Gasteiger partial charge in [-0.25, -0.2) is 4.79 Å². The standard InChI is InChI=1S/C20H28N2O3/c1-3-21(4-2)12-15-5-7-17(8-6-15)20(24)25-14-16-11-19(23)22(13-16)18-9-10-18/h5-8,16,18H,3-4,9-14H2,1-2H3. The highest BCUT2D eigenvalue weighted by Gasteiger charge is 2.39. The number of benzene rings is 1. The Bertz CT molecular complexity index is 606. The molecule has 3 rings (SSSR count). The Morgan fingerprint density at radius 2 is 1.88 bits per heavy atom. The Morgan fingerprint density at radius 1 is 1.20 bits per heavy atom. The highest BCUT2D eigenvalue weighted by Crippen LogP contribution is 2.32. The van der Waals surface area contributed by atoms with E-state index in [-0.39, 0.29) is 17.8 Å². The molecule has 1 aromatic rings. The molecule has 136 valence electrons. The molecule has 25 heavy (non-hydrogen) atoms. The van der Waals surface area contributed by atoms with Gasteiger partial charge in [0.25, 0.3) is 0 Å². The number of ether oxygens (including phenoxy) is 1. The van der Waals surface area contributed by atoms with Crippen molar-refractivity contribution < 1.29 is 14.3 Å². The van der Waals surface area contributed by atoms with Crippen molar-refractivity contribution in [3.63, 3.8) is 0 Å². The topological polar surface area (TPSA) is 49.9 Å². The first-order chi connectivity index (χ1) is 12.1. The van der Waals surface area contributed by atoms with Gasteiger partial charge in [-0.3, -0.25) is 9.69 Å². The largest absolute Gasteiger partial charge is 0.462 e. The van der Waals surface area contributed by atoms with Crippen molar-refractivity contribution in [1.29, 1.82) is 0 Å². The molecular formula is C20H28N2O3. The first-order valence-corrected chi connectivity index (χ1v) is 9.38. The minimum Gasteiger partial charge on any atom is -0.462 e. The highest BCUT2D eigenvalue weighted by molar-refractivity contribution is 5.89. The number of esters is 1. The van der Waals surface area contributed by atoms with Crippen molar-refractivity contribution in [2.24, 2.45) is 5.92 Å². The second-order valence-electron chi connectivity index (χ2n) is 7.10. The fourth-order valence-electron chi connectivity index (χ4n) is 3.39. The van der Waals surface area contributed by atoms with Gasteiger partial charge in [0.15, 0.2) is 0 Å². The van der Waals surface area contributed by atoms with E-state index in [0.717, 1.165) is 39.0 Å². The zero-order chi connectivity index (χ0) is 17.8. The van der Waals surface area contributed by atoms with Gasteiger partial charge in [-0.2, -0.15) is 0 Å². The molecule has 1 aliphatic carbocycles. The van der Waals surface area contributed by atoms with E-state index < -0.39 is 0 Å². The summed E-state index contributed by atoms with van der Waals surface area (Å²) in [6, 6.07) is 8.09. The van der Waals surface area contributed by atoms with Gasteiger partial charge in [0.1, 0.15) is 0 Å². The lowest BCUT2D eigenvalue weighted by Gasteiger charge is -2.18. The lowest BCUT2D eigenvalue weighted by atomic mass is 10.1. The van der Waals surface area contributed by atoms with E-state index in [9.17, 15) is 9.59 Å². The number of rotatable bonds is 8. The molecule has 2 aliphatic rings. The Hall–Kier alpha value is -1.88. The fourth-order valence-corrected chi connectivity index (χ4v) is 3.39. The van der Waals surface area contributed by atoms with Crippen LogP contribution in [0.5, 0.6) is 0 Å². The van der Waals surface area contributed by atoms with E-state index >= 15 is 0 Å². The number of hydrogen-bond donors (Lipinski definition) is 0. The van der Waals surface area contributed by atoms with E-state index in [1.807, 2.05) is 29.2 Å². The van der Waals surface area contributed by atoms with Crippen LogP contribution in [-0.2, 0) is 16.1 Å². The fraction of sp³-hybridized carbons (Fsp3) is 0.600. The average Bonchev–Trinajstić information content (AvgIpc) is 3.41. The van der Waals surface area contributed by atoms with Gasteiger partial charge in [-0.05, 0) is 43.6 Å². The van der Waals surface area contributed by atoms with Crippen molar-refractivity contribution >= 4 is 11.9 Å². The van der Waals surface area contributed by atoms with Crippen LogP contribution in [0.1, 0.15) is 49.0 Å². The van der Waals surface area contributed by atoms with Crippen molar-refractivity contribution in [3.8, 4) is 0 Å². The van der Waals surface area contributed by atoms with Crippen molar-refractivity contribution in [2.45, 2.75) is 45.7 Å². The molecule has 5 heteroatoms.